The zero-order valence-corrected chi connectivity index (χ0v) is 30.0. The van der Waals surface area contributed by atoms with E-state index in [1.807, 2.05) is 13.8 Å². The summed E-state index contributed by atoms with van der Waals surface area (Å²) >= 11 is 6.62. The van der Waals surface area contributed by atoms with Gasteiger partial charge in [0.2, 0.25) is 5.28 Å². The third-order valence-corrected chi connectivity index (χ3v) is 13.2. The number of hydrogen-bond acceptors (Lipinski definition) is 12. The zero-order valence-electron chi connectivity index (χ0n) is 27.5. The van der Waals surface area contributed by atoms with E-state index in [-0.39, 0.29) is 36.3 Å². The second-order valence-corrected chi connectivity index (χ2v) is 17.3. The normalized spacial score (nSPS) is 28.4. The molecule has 4 aliphatic rings. The highest BCUT2D eigenvalue weighted by Gasteiger charge is 2.56. The molecule has 0 radical (unpaired) electrons. The minimum absolute atomic E-state index is 0.000253. The standard InChI is InChI=1S/C32H42ClN4O9PS/c1-5-42-47(38,43-6-2)19-41-18-24-28-29(46-32(3,4)45-28)27(44-24)23-17-37(48(39,40)22-13-8-7-9-14-22)26-25(23)34-31(33)35-30(26)36-15-20-11-10-12-21(20)16-36/h7-9,13-14,17,20-21,24,27-29H,5-6,10-12,15-16,18-19H2,1-4H3/t20?,21?,24-,27+,28-,29+/m1/s1. The van der Waals surface area contributed by atoms with E-state index in [4.69, 9.17) is 39.6 Å². The average molecular weight is 725 g/mol. The first-order chi connectivity index (χ1) is 22.9. The van der Waals surface area contributed by atoms with Crippen molar-refractivity contribution in [2.45, 2.75) is 82.1 Å². The molecule has 0 spiro atoms. The van der Waals surface area contributed by atoms with E-state index in [9.17, 15) is 13.0 Å². The van der Waals surface area contributed by atoms with Crippen LogP contribution in [-0.2, 0) is 42.6 Å². The molecular formula is C32H42ClN4O9PS. The van der Waals surface area contributed by atoms with Crippen molar-refractivity contribution in [1.29, 1.82) is 0 Å². The molecule has 2 aromatic heterocycles. The van der Waals surface area contributed by atoms with Crippen molar-refractivity contribution in [3.63, 3.8) is 0 Å². The van der Waals surface area contributed by atoms with E-state index in [0.717, 1.165) is 25.9 Å². The van der Waals surface area contributed by atoms with Crippen LogP contribution in [0.3, 0.4) is 0 Å². The van der Waals surface area contributed by atoms with Gasteiger partial charge >= 0.3 is 7.60 Å². The number of ether oxygens (including phenoxy) is 4. The van der Waals surface area contributed by atoms with Gasteiger partial charge in [-0.2, -0.15) is 4.98 Å². The lowest BCUT2D eigenvalue weighted by molar-refractivity contribution is -0.192. The first kappa shape index (κ1) is 34.3. The van der Waals surface area contributed by atoms with Gasteiger partial charge in [0.05, 0.1) is 24.7 Å². The van der Waals surface area contributed by atoms with E-state index >= 15 is 0 Å². The molecule has 5 heterocycles. The lowest BCUT2D eigenvalue weighted by atomic mass is 10.0. The molecule has 1 saturated carbocycles. The second kappa shape index (κ2) is 13.2. The molecule has 4 fully saturated rings. The van der Waals surface area contributed by atoms with Gasteiger partial charge in [-0.1, -0.05) is 24.6 Å². The van der Waals surface area contributed by atoms with Crippen LogP contribution >= 0.6 is 19.2 Å². The monoisotopic (exact) mass is 724 g/mol. The topological polar surface area (TPSA) is 141 Å². The van der Waals surface area contributed by atoms with Gasteiger partial charge in [0.15, 0.2) is 11.6 Å². The molecule has 6 atom stereocenters. The van der Waals surface area contributed by atoms with Gasteiger partial charge in [0.25, 0.3) is 10.0 Å². The summed E-state index contributed by atoms with van der Waals surface area (Å²) in [6.07, 6.45) is 2.08. The van der Waals surface area contributed by atoms with E-state index < -0.39 is 47.8 Å². The number of rotatable bonds is 12. The summed E-state index contributed by atoms with van der Waals surface area (Å²) in [6.45, 7) is 9.03. The average Bonchev–Trinajstić information content (AvgIpc) is 3.84. The van der Waals surface area contributed by atoms with Gasteiger partial charge in [-0.3, -0.25) is 4.57 Å². The summed E-state index contributed by atoms with van der Waals surface area (Å²) in [5.74, 6) is 0.565. The predicted octanol–water partition coefficient (Wildman–Crippen LogP) is 5.76. The van der Waals surface area contributed by atoms with Crippen LogP contribution < -0.4 is 4.90 Å². The molecule has 0 amide bonds. The Morgan fingerprint density at radius 2 is 1.69 bits per heavy atom. The van der Waals surface area contributed by atoms with Gasteiger partial charge in [0.1, 0.15) is 41.8 Å². The Balaban J connectivity index is 1.30. The highest BCUT2D eigenvalue weighted by Crippen LogP contribution is 2.50. The third kappa shape index (κ3) is 6.33. The molecule has 0 bridgehead atoms. The molecule has 0 N–H and O–H groups in total. The third-order valence-electron chi connectivity index (χ3n) is 9.55. The fourth-order valence-corrected chi connectivity index (χ4v) is 10.6. The summed E-state index contributed by atoms with van der Waals surface area (Å²) < 4.78 is 78.9. The maximum absolute atomic E-state index is 14.3. The number of nitrogens with zero attached hydrogens (tertiary/aromatic N) is 4. The van der Waals surface area contributed by atoms with Crippen molar-refractivity contribution in [2.24, 2.45) is 11.8 Å². The van der Waals surface area contributed by atoms with Crippen LogP contribution in [0.25, 0.3) is 11.0 Å². The summed E-state index contributed by atoms with van der Waals surface area (Å²) in [5, 5.41) is 0.00613. The summed E-state index contributed by atoms with van der Waals surface area (Å²) in [6, 6.07) is 8.27. The first-order valence-electron chi connectivity index (χ1n) is 16.5. The fraction of sp³-hybridized carbons (Fsp3) is 0.625. The van der Waals surface area contributed by atoms with Crippen LogP contribution in [0.1, 0.15) is 58.6 Å². The van der Waals surface area contributed by atoms with Crippen molar-refractivity contribution in [3.05, 3.63) is 47.4 Å². The van der Waals surface area contributed by atoms with Gasteiger partial charge in [0, 0.05) is 24.8 Å². The van der Waals surface area contributed by atoms with Gasteiger partial charge < -0.3 is 32.9 Å². The van der Waals surface area contributed by atoms with Crippen LogP contribution in [0, 0.1) is 11.8 Å². The SMILES string of the molecule is CCOP(=O)(COC[C@H]1O[C@@H](c2cn(S(=O)(=O)c3ccccc3)c3c(N4CC5CCCC5C4)nc(Cl)nc23)[C@@H]2OC(C)(C)O[C@@H]21)OCC. The maximum atomic E-state index is 14.3. The summed E-state index contributed by atoms with van der Waals surface area (Å²) in [7, 11) is -7.57. The minimum Gasteiger partial charge on any atom is -0.366 e. The van der Waals surface area contributed by atoms with Gasteiger partial charge in [-0.05, 0) is 76.1 Å². The van der Waals surface area contributed by atoms with Crippen molar-refractivity contribution in [2.75, 3.05) is 44.2 Å². The lowest BCUT2D eigenvalue weighted by Crippen LogP contribution is -2.33. The number of benzene rings is 1. The van der Waals surface area contributed by atoms with Gasteiger partial charge in [-0.25, -0.2) is 17.4 Å². The molecule has 13 nitrogen and oxygen atoms in total. The Kier molecular flexibility index (Phi) is 9.44. The fourth-order valence-electron chi connectivity index (χ4n) is 7.66. The summed E-state index contributed by atoms with van der Waals surface area (Å²) in [5.41, 5.74) is 1.17. The van der Waals surface area contributed by atoms with Crippen LogP contribution in [-0.4, -0.2) is 85.7 Å². The Labute approximate surface area is 285 Å². The van der Waals surface area contributed by atoms with E-state index in [0.29, 0.717) is 34.3 Å². The number of hydrogen-bond donors (Lipinski definition) is 0. The molecule has 48 heavy (non-hydrogen) atoms. The first-order valence-corrected chi connectivity index (χ1v) is 20.1. The molecule has 2 unspecified atom stereocenters. The molecule has 1 aliphatic carbocycles. The second-order valence-electron chi connectivity index (χ2n) is 13.2. The van der Waals surface area contributed by atoms with E-state index in [2.05, 4.69) is 14.9 Å². The molecular weight excluding hydrogens is 683 g/mol. The van der Waals surface area contributed by atoms with E-state index in [1.165, 1.54) is 10.4 Å². The quantitative estimate of drug-likeness (QED) is 0.166. The molecule has 1 aromatic carbocycles. The van der Waals surface area contributed by atoms with E-state index in [1.54, 1.807) is 50.4 Å². The highest BCUT2D eigenvalue weighted by molar-refractivity contribution is 7.90. The Bertz CT molecular complexity index is 1790. The maximum Gasteiger partial charge on any atom is 0.356 e. The van der Waals surface area contributed by atoms with Crippen molar-refractivity contribution in [1.82, 2.24) is 13.9 Å². The zero-order chi connectivity index (χ0) is 33.8. The highest BCUT2D eigenvalue weighted by atomic mass is 35.5. The lowest BCUT2D eigenvalue weighted by Gasteiger charge is -2.24. The number of aromatic nitrogens is 3. The van der Waals surface area contributed by atoms with Crippen LogP contribution in [0.5, 0.6) is 0 Å². The molecule has 3 aromatic rings. The van der Waals surface area contributed by atoms with Gasteiger partial charge in [-0.15, -0.1) is 0 Å². The minimum atomic E-state index is -4.10. The smallest absolute Gasteiger partial charge is 0.356 e. The van der Waals surface area contributed by atoms with Crippen LogP contribution in [0.2, 0.25) is 5.28 Å². The molecule has 3 aliphatic heterocycles. The Morgan fingerprint density at radius 3 is 2.35 bits per heavy atom. The molecule has 262 valence electrons. The van der Waals surface area contributed by atoms with Crippen molar-refractivity contribution >= 4 is 46.1 Å². The molecule has 7 rings (SSSR count). The molecule has 3 saturated heterocycles. The largest absolute Gasteiger partial charge is 0.366 e. The van der Waals surface area contributed by atoms with Crippen molar-refractivity contribution < 1.29 is 41.0 Å². The summed E-state index contributed by atoms with van der Waals surface area (Å²) in [4.78, 5) is 11.5. The Hall–Kier alpha value is -2.13. The number of fused-ring (bicyclic) bond motifs is 3. The van der Waals surface area contributed by atoms with Crippen molar-refractivity contribution in [3.8, 4) is 0 Å². The number of halogens is 1. The Morgan fingerprint density at radius 1 is 1.02 bits per heavy atom. The predicted molar refractivity (Wildman–Crippen MR) is 178 cm³/mol. The molecule has 16 heteroatoms. The number of anilines is 1. The van der Waals surface area contributed by atoms with Crippen LogP contribution in [0.15, 0.2) is 41.4 Å². The van der Waals surface area contributed by atoms with Crippen LogP contribution in [0.4, 0.5) is 5.82 Å².